The van der Waals surface area contributed by atoms with Gasteiger partial charge in [0, 0.05) is 23.7 Å². The molecule has 1 heterocycles. The summed E-state index contributed by atoms with van der Waals surface area (Å²) in [6, 6.07) is 11.7. The highest BCUT2D eigenvalue weighted by Gasteiger charge is 2.32. The van der Waals surface area contributed by atoms with E-state index in [1.54, 1.807) is 12.1 Å². The fourth-order valence-electron chi connectivity index (χ4n) is 5.42. The molecule has 3 atom stereocenters. The third kappa shape index (κ3) is 7.76. The molecule has 7 heteroatoms. The number of anilines is 1. The Morgan fingerprint density at radius 3 is 2.72 bits per heavy atom. The van der Waals surface area contributed by atoms with Crippen molar-refractivity contribution in [3.05, 3.63) is 83.4 Å². The van der Waals surface area contributed by atoms with Crippen LogP contribution >= 0.6 is 11.6 Å². The number of hydrogen-bond donors (Lipinski definition) is 0. The van der Waals surface area contributed by atoms with Crippen LogP contribution in [-0.4, -0.2) is 24.3 Å². The van der Waals surface area contributed by atoms with Gasteiger partial charge in [-0.2, -0.15) is 10.6 Å². The summed E-state index contributed by atoms with van der Waals surface area (Å²) in [7, 11) is -1.60. The molecule has 2 aliphatic rings. The number of amides is 1. The number of benzene rings is 2. The van der Waals surface area contributed by atoms with E-state index in [-0.39, 0.29) is 5.25 Å². The predicted octanol–water partition coefficient (Wildman–Crippen LogP) is 8.31. The van der Waals surface area contributed by atoms with Crippen LogP contribution in [0.15, 0.2) is 66.1 Å². The van der Waals surface area contributed by atoms with Gasteiger partial charge in [0.2, 0.25) is 0 Å². The highest BCUT2D eigenvalue weighted by molar-refractivity contribution is 7.75. The molecule has 1 aliphatic heterocycles. The van der Waals surface area contributed by atoms with Crippen LogP contribution < -0.4 is 9.64 Å². The summed E-state index contributed by atoms with van der Waals surface area (Å²) in [6.45, 7) is 11.7. The SMILES string of the molecule is C=CCC[C@@H](C)[S-](=O)=NC(=O)c1ccc2c(c1)N(C[C@@H]1CC[C@H]1CC=C)Cc1ccc(Cl)cc1CCCCO2. The van der Waals surface area contributed by atoms with Crippen molar-refractivity contribution < 1.29 is 13.7 Å². The summed E-state index contributed by atoms with van der Waals surface area (Å²) < 4.78 is 23.0. The molecule has 5 nitrogen and oxygen atoms in total. The van der Waals surface area contributed by atoms with E-state index in [4.69, 9.17) is 16.3 Å². The van der Waals surface area contributed by atoms with E-state index in [0.29, 0.717) is 37.0 Å². The van der Waals surface area contributed by atoms with Crippen LogP contribution in [0.4, 0.5) is 5.69 Å². The number of carbonyl (C=O) groups excluding carboxylic acids is 1. The monoisotopic (exact) mass is 567 g/mol. The zero-order valence-corrected chi connectivity index (χ0v) is 24.5. The minimum absolute atomic E-state index is 0.212. The average Bonchev–Trinajstić information content (AvgIpc) is 2.95. The van der Waals surface area contributed by atoms with Crippen LogP contribution in [0.25, 0.3) is 0 Å². The minimum atomic E-state index is -1.60. The number of hydrogen-bond acceptors (Lipinski definition) is 5. The van der Waals surface area contributed by atoms with E-state index in [9.17, 15) is 9.00 Å². The minimum Gasteiger partial charge on any atom is -0.491 e. The van der Waals surface area contributed by atoms with Gasteiger partial charge in [-0.1, -0.05) is 48.4 Å². The Kier molecular flexibility index (Phi) is 10.7. The highest BCUT2D eigenvalue weighted by atomic mass is 35.5. The summed E-state index contributed by atoms with van der Waals surface area (Å²) >= 11 is 6.39. The quantitative estimate of drug-likeness (QED) is 0.226. The van der Waals surface area contributed by atoms with Gasteiger partial charge < -0.3 is 18.2 Å². The van der Waals surface area contributed by atoms with Crippen LogP contribution in [-0.2, 0) is 27.8 Å². The second-order valence-corrected chi connectivity index (χ2v) is 12.7. The van der Waals surface area contributed by atoms with Crippen LogP contribution in [0.5, 0.6) is 5.75 Å². The zero-order chi connectivity index (χ0) is 27.8. The second kappa shape index (κ2) is 14.2. The highest BCUT2D eigenvalue weighted by Crippen LogP contribution is 2.41. The smallest absolute Gasteiger partial charge is 0.254 e. The van der Waals surface area contributed by atoms with Gasteiger partial charge in [0.25, 0.3) is 5.91 Å². The Bertz CT molecular complexity index is 1270. The Morgan fingerprint density at radius 1 is 1.15 bits per heavy atom. The van der Waals surface area contributed by atoms with Crippen LogP contribution in [0, 0.1) is 11.8 Å². The molecule has 210 valence electrons. The molecule has 4 rings (SSSR count). The first-order chi connectivity index (χ1) is 18.9. The maximum absolute atomic E-state index is 13.2. The van der Waals surface area contributed by atoms with Crippen molar-refractivity contribution in [1.29, 1.82) is 0 Å². The average molecular weight is 568 g/mol. The first-order valence-electron chi connectivity index (χ1n) is 14.1. The van der Waals surface area contributed by atoms with E-state index in [2.05, 4.69) is 34.6 Å². The normalized spacial score (nSPS) is 20.8. The molecule has 1 amide bonds. The van der Waals surface area contributed by atoms with Crippen molar-refractivity contribution in [2.45, 2.75) is 70.1 Å². The fourth-order valence-corrected chi connectivity index (χ4v) is 6.40. The maximum atomic E-state index is 13.2. The van der Waals surface area contributed by atoms with Gasteiger partial charge in [0.1, 0.15) is 5.75 Å². The van der Waals surface area contributed by atoms with E-state index in [0.717, 1.165) is 55.1 Å². The molecule has 2 aromatic carbocycles. The second-order valence-electron chi connectivity index (χ2n) is 10.8. The number of carbonyl (C=O) groups is 1. The third-order valence-electron chi connectivity index (χ3n) is 7.97. The summed E-state index contributed by atoms with van der Waals surface area (Å²) in [4.78, 5) is 15.5. The molecule has 0 saturated heterocycles. The lowest BCUT2D eigenvalue weighted by molar-refractivity contribution is 0.100. The first-order valence-corrected chi connectivity index (χ1v) is 15.6. The van der Waals surface area contributed by atoms with Crippen molar-refractivity contribution >= 4 is 33.8 Å². The number of rotatable bonds is 9. The predicted molar refractivity (Wildman–Crippen MR) is 162 cm³/mol. The molecule has 0 radical (unpaired) electrons. The van der Waals surface area contributed by atoms with Gasteiger partial charge in [-0.25, -0.2) is 0 Å². The number of fused-ring (bicyclic) bond motifs is 2. The fraction of sp³-hybridized carbons (Fsp3) is 0.469. The van der Waals surface area contributed by atoms with Gasteiger partial charge in [0.15, 0.2) is 0 Å². The van der Waals surface area contributed by atoms with Crippen molar-refractivity contribution in [1.82, 2.24) is 0 Å². The largest absolute Gasteiger partial charge is 0.491 e. The van der Waals surface area contributed by atoms with Gasteiger partial charge in [0.05, 0.1) is 12.3 Å². The standard InChI is InChI=1S/C32H40ClN2O3S/c1-4-6-10-23(3)39(37)34-32(36)26-15-17-31-30(20-26)35(21-27-13-12-24(27)9-5-2)22-28-14-16-29(33)19-25(28)11-7-8-18-38-31/h4-5,14-17,19-20,23-24,27H,1-2,6-13,18,21-22H2,3H3/q-1/t23-,24-,27+/m1/s1. The van der Waals surface area contributed by atoms with Crippen molar-refractivity contribution in [2.75, 3.05) is 18.1 Å². The maximum Gasteiger partial charge on any atom is 0.254 e. The molecule has 0 unspecified atom stereocenters. The lowest BCUT2D eigenvalue weighted by atomic mass is 9.71. The molecule has 1 aliphatic carbocycles. The lowest BCUT2D eigenvalue weighted by Crippen LogP contribution is -2.38. The van der Waals surface area contributed by atoms with E-state index < -0.39 is 16.5 Å². The van der Waals surface area contributed by atoms with E-state index >= 15 is 0 Å². The molecule has 0 spiro atoms. The zero-order valence-electron chi connectivity index (χ0n) is 22.9. The van der Waals surface area contributed by atoms with Gasteiger partial charge >= 0.3 is 0 Å². The summed E-state index contributed by atoms with van der Waals surface area (Å²) in [5.74, 6) is 1.47. The van der Waals surface area contributed by atoms with E-state index in [1.807, 2.05) is 31.2 Å². The summed E-state index contributed by atoms with van der Waals surface area (Å²) in [5.41, 5.74) is 3.81. The number of halogens is 1. The molecule has 0 N–H and O–H groups in total. The molecule has 1 fully saturated rings. The summed E-state index contributed by atoms with van der Waals surface area (Å²) in [6.07, 6.45) is 11.5. The molecule has 1 saturated carbocycles. The Morgan fingerprint density at radius 2 is 1.97 bits per heavy atom. The number of allylic oxidation sites excluding steroid dienone is 2. The van der Waals surface area contributed by atoms with E-state index in [1.165, 1.54) is 24.0 Å². The molecule has 2 aromatic rings. The molecule has 39 heavy (non-hydrogen) atoms. The topological polar surface area (TPSA) is 59.0 Å². The Labute approximate surface area is 240 Å². The molecule has 0 aromatic heterocycles. The number of nitrogens with zero attached hydrogens (tertiary/aromatic N) is 2. The Hall–Kier alpha value is -2.57. The van der Waals surface area contributed by atoms with Gasteiger partial charge in [-0.3, -0.25) is 4.79 Å². The first kappa shape index (κ1) is 29.4. The summed E-state index contributed by atoms with van der Waals surface area (Å²) in [5, 5.41) is 0.539. The van der Waals surface area contributed by atoms with Crippen molar-refractivity contribution in [3.8, 4) is 5.75 Å². The van der Waals surface area contributed by atoms with Crippen molar-refractivity contribution in [2.24, 2.45) is 16.2 Å². The third-order valence-corrected chi connectivity index (χ3v) is 9.47. The Balaban J connectivity index is 1.71. The number of aryl methyl sites for hydroxylation is 1. The lowest BCUT2D eigenvalue weighted by Gasteiger charge is -2.41. The van der Waals surface area contributed by atoms with Crippen molar-refractivity contribution in [3.63, 3.8) is 0 Å². The molecular weight excluding hydrogens is 528 g/mol. The van der Waals surface area contributed by atoms with Crippen LogP contribution in [0.1, 0.15) is 73.4 Å². The number of ether oxygens (including phenoxy) is 1. The van der Waals surface area contributed by atoms with Gasteiger partial charge in [-0.05, 0) is 98.2 Å². The van der Waals surface area contributed by atoms with Gasteiger partial charge in [-0.15, -0.1) is 13.2 Å². The van der Waals surface area contributed by atoms with Crippen LogP contribution in [0.3, 0.4) is 0 Å². The molecular formula is C32H40ClN2O3S-. The van der Waals surface area contributed by atoms with Crippen LogP contribution in [0.2, 0.25) is 5.02 Å². The molecule has 0 bridgehead atoms.